The molecule has 112 valence electrons. The zero-order valence-corrected chi connectivity index (χ0v) is 11.8. The second-order valence-corrected chi connectivity index (χ2v) is 4.53. The molecule has 0 unspecified atom stereocenters. The van der Waals surface area contributed by atoms with Crippen molar-refractivity contribution in [2.45, 2.75) is 26.4 Å². The smallest absolute Gasteiger partial charge is 0.370 e. The second-order valence-electron chi connectivity index (χ2n) is 4.53. The highest BCUT2D eigenvalue weighted by Crippen LogP contribution is 2.30. The van der Waals surface area contributed by atoms with Crippen LogP contribution in [0.1, 0.15) is 25.1 Å². The average Bonchev–Trinajstić information content (AvgIpc) is 2.46. The largest absolute Gasteiger partial charge is 0.416 e. The molecule has 1 aromatic heterocycles. The molecule has 0 fully saturated rings. The predicted octanol–water partition coefficient (Wildman–Crippen LogP) is 4.16. The average molecular weight is 295 g/mol. The van der Waals surface area contributed by atoms with Gasteiger partial charge in [-0.15, -0.1) is 0 Å². The number of benzene rings is 1. The molecule has 3 nitrogen and oxygen atoms in total. The van der Waals surface area contributed by atoms with Gasteiger partial charge in [-0.3, -0.25) is 0 Å². The van der Waals surface area contributed by atoms with Gasteiger partial charge in [-0.25, -0.2) is 9.97 Å². The van der Waals surface area contributed by atoms with Gasteiger partial charge in [0.05, 0.1) is 5.56 Å². The molecule has 0 aliphatic carbocycles. The van der Waals surface area contributed by atoms with Crippen LogP contribution < -0.4 is 5.32 Å². The molecule has 0 spiro atoms. The summed E-state index contributed by atoms with van der Waals surface area (Å²) in [6, 6.07) is 6.73. The zero-order chi connectivity index (χ0) is 15.5. The summed E-state index contributed by atoms with van der Waals surface area (Å²) < 4.78 is 37.7. The molecule has 0 bridgehead atoms. The predicted molar refractivity (Wildman–Crippen MR) is 76.0 cm³/mol. The summed E-state index contributed by atoms with van der Waals surface area (Å²) in [6.07, 6.45) is -3.60. The van der Waals surface area contributed by atoms with Gasteiger partial charge in [-0.05, 0) is 25.5 Å². The Balaban J connectivity index is 2.39. The van der Waals surface area contributed by atoms with E-state index >= 15 is 0 Å². The number of aryl methyl sites for hydroxylation is 1. The molecule has 2 aromatic rings. The minimum atomic E-state index is -4.33. The lowest BCUT2D eigenvalue weighted by molar-refractivity contribution is -0.137. The van der Waals surface area contributed by atoms with Crippen LogP contribution in [0.4, 0.5) is 19.0 Å². The maximum absolute atomic E-state index is 12.6. The van der Waals surface area contributed by atoms with Gasteiger partial charge < -0.3 is 5.32 Å². The Morgan fingerprint density at radius 2 is 1.71 bits per heavy atom. The molecule has 2 rings (SSSR count). The topological polar surface area (TPSA) is 37.8 Å². The van der Waals surface area contributed by atoms with Gasteiger partial charge in [0, 0.05) is 23.9 Å². The summed E-state index contributed by atoms with van der Waals surface area (Å²) in [4.78, 5) is 8.69. The van der Waals surface area contributed by atoms with Crippen molar-refractivity contribution in [2.24, 2.45) is 0 Å². The first-order valence-corrected chi connectivity index (χ1v) is 6.73. The highest BCUT2D eigenvalue weighted by atomic mass is 19.4. The molecule has 1 N–H and O–H groups in total. The van der Waals surface area contributed by atoms with Gasteiger partial charge in [0.25, 0.3) is 0 Å². The fourth-order valence-corrected chi connectivity index (χ4v) is 1.89. The molecule has 0 amide bonds. The first-order valence-electron chi connectivity index (χ1n) is 6.73. The van der Waals surface area contributed by atoms with E-state index in [0.717, 1.165) is 24.2 Å². The molecule has 1 aromatic carbocycles. The number of rotatable bonds is 4. The highest BCUT2D eigenvalue weighted by Gasteiger charge is 2.30. The zero-order valence-electron chi connectivity index (χ0n) is 11.8. The maximum Gasteiger partial charge on any atom is 0.416 e. The third kappa shape index (κ3) is 3.71. The van der Waals surface area contributed by atoms with Crippen molar-refractivity contribution in [3.63, 3.8) is 0 Å². The fraction of sp³-hybridized carbons (Fsp3) is 0.333. The van der Waals surface area contributed by atoms with Crippen molar-refractivity contribution in [3.05, 3.63) is 41.6 Å². The molecule has 1 heterocycles. The summed E-state index contributed by atoms with van der Waals surface area (Å²) in [5, 5.41) is 3.10. The fourth-order valence-electron chi connectivity index (χ4n) is 1.89. The van der Waals surface area contributed by atoms with Gasteiger partial charge in [0.1, 0.15) is 5.82 Å². The van der Waals surface area contributed by atoms with Crippen LogP contribution in [0.3, 0.4) is 0 Å². The van der Waals surface area contributed by atoms with Crippen LogP contribution in [0, 0.1) is 0 Å². The molecule has 0 radical (unpaired) electrons. The molecule has 0 saturated carbocycles. The van der Waals surface area contributed by atoms with E-state index < -0.39 is 11.7 Å². The van der Waals surface area contributed by atoms with Crippen molar-refractivity contribution in [2.75, 3.05) is 11.9 Å². The van der Waals surface area contributed by atoms with Crippen LogP contribution in [0.5, 0.6) is 0 Å². The summed E-state index contributed by atoms with van der Waals surface area (Å²) in [5.41, 5.74) is 0.734. The molecule has 21 heavy (non-hydrogen) atoms. The Morgan fingerprint density at radius 3 is 2.24 bits per heavy atom. The van der Waals surface area contributed by atoms with Crippen molar-refractivity contribution in [1.82, 2.24) is 9.97 Å². The monoisotopic (exact) mass is 295 g/mol. The van der Waals surface area contributed by atoms with E-state index in [0.29, 0.717) is 23.8 Å². The minimum absolute atomic E-state index is 0.430. The van der Waals surface area contributed by atoms with E-state index in [1.54, 1.807) is 0 Å². The minimum Gasteiger partial charge on any atom is -0.370 e. The summed E-state index contributed by atoms with van der Waals surface area (Å²) in [5.74, 6) is 1.11. The second kappa shape index (κ2) is 6.11. The Bertz CT molecular complexity index is 607. The summed E-state index contributed by atoms with van der Waals surface area (Å²) >= 11 is 0. The molecule has 6 heteroatoms. The Morgan fingerprint density at radius 1 is 1.05 bits per heavy atom. The van der Waals surface area contributed by atoms with E-state index in [9.17, 15) is 13.2 Å². The molecular weight excluding hydrogens is 279 g/mol. The lowest BCUT2D eigenvalue weighted by atomic mass is 10.1. The Hall–Kier alpha value is -2.11. The maximum atomic E-state index is 12.6. The van der Waals surface area contributed by atoms with Crippen LogP contribution in [-0.4, -0.2) is 16.5 Å². The van der Waals surface area contributed by atoms with Crippen molar-refractivity contribution < 1.29 is 13.2 Å². The van der Waals surface area contributed by atoms with Crippen molar-refractivity contribution in [1.29, 1.82) is 0 Å². The van der Waals surface area contributed by atoms with Crippen LogP contribution in [0.15, 0.2) is 30.3 Å². The van der Waals surface area contributed by atoms with E-state index in [1.807, 2.05) is 19.9 Å². The third-order valence-electron chi connectivity index (χ3n) is 2.97. The number of alkyl halides is 3. The number of nitrogens with one attached hydrogen (secondary N) is 1. The first kappa shape index (κ1) is 15.3. The van der Waals surface area contributed by atoms with E-state index in [4.69, 9.17) is 0 Å². The standard InChI is InChI=1S/C15H16F3N3/c1-3-12-9-13(19-4-2)21-14(20-12)10-5-7-11(8-6-10)15(16,17)18/h5-9H,3-4H2,1-2H3,(H,19,20,21). The van der Waals surface area contributed by atoms with Crippen LogP contribution in [0.25, 0.3) is 11.4 Å². The van der Waals surface area contributed by atoms with E-state index in [1.165, 1.54) is 12.1 Å². The number of aromatic nitrogens is 2. The number of hydrogen-bond acceptors (Lipinski definition) is 3. The number of nitrogens with zero attached hydrogens (tertiary/aromatic N) is 2. The van der Waals surface area contributed by atoms with Gasteiger partial charge in [0.15, 0.2) is 5.82 Å². The number of halogens is 3. The normalized spacial score (nSPS) is 11.5. The van der Waals surface area contributed by atoms with Gasteiger partial charge in [0.2, 0.25) is 0 Å². The van der Waals surface area contributed by atoms with Crippen molar-refractivity contribution in [3.8, 4) is 11.4 Å². The quantitative estimate of drug-likeness (QED) is 0.920. The van der Waals surface area contributed by atoms with E-state index in [2.05, 4.69) is 15.3 Å². The molecule has 0 saturated heterocycles. The molecular formula is C15H16F3N3. The van der Waals surface area contributed by atoms with Crippen LogP contribution >= 0.6 is 0 Å². The number of anilines is 1. The Kier molecular flexibility index (Phi) is 4.45. The van der Waals surface area contributed by atoms with Crippen molar-refractivity contribution >= 4 is 5.82 Å². The Labute approximate surface area is 121 Å². The number of hydrogen-bond donors (Lipinski definition) is 1. The van der Waals surface area contributed by atoms with Gasteiger partial charge >= 0.3 is 6.18 Å². The summed E-state index contributed by atoms with van der Waals surface area (Å²) in [7, 11) is 0. The molecule has 0 atom stereocenters. The lowest BCUT2D eigenvalue weighted by Crippen LogP contribution is -2.05. The summed E-state index contributed by atoms with van der Waals surface area (Å²) in [6.45, 7) is 4.63. The highest BCUT2D eigenvalue weighted by molar-refractivity contribution is 5.58. The molecule has 0 aliphatic heterocycles. The lowest BCUT2D eigenvalue weighted by Gasteiger charge is -2.10. The SMILES string of the molecule is CCNc1cc(CC)nc(-c2ccc(C(F)(F)F)cc2)n1. The van der Waals surface area contributed by atoms with E-state index in [-0.39, 0.29) is 0 Å². The van der Waals surface area contributed by atoms with Gasteiger partial charge in [-0.2, -0.15) is 13.2 Å². The van der Waals surface area contributed by atoms with Crippen LogP contribution in [-0.2, 0) is 12.6 Å². The molecule has 0 aliphatic rings. The van der Waals surface area contributed by atoms with Crippen LogP contribution in [0.2, 0.25) is 0 Å². The van der Waals surface area contributed by atoms with Gasteiger partial charge in [-0.1, -0.05) is 19.1 Å². The first-order chi connectivity index (χ1) is 9.94. The third-order valence-corrected chi connectivity index (χ3v) is 2.97.